The summed E-state index contributed by atoms with van der Waals surface area (Å²) in [7, 11) is 1.36. The molecule has 0 unspecified atom stereocenters. The first kappa shape index (κ1) is 12.1. The van der Waals surface area contributed by atoms with Crippen molar-refractivity contribution < 1.29 is 13.5 Å². The lowest BCUT2D eigenvalue weighted by Crippen LogP contribution is -1.92. The van der Waals surface area contributed by atoms with E-state index in [9.17, 15) is 8.78 Å². The molecule has 0 aliphatic heterocycles. The first-order valence-electron chi connectivity index (χ1n) is 5.19. The van der Waals surface area contributed by atoms with Crippen molar-refractivity contribution in [3.63, 3.8) is 0 Å². The molecule has 18 heavy (non-hydrogen) atoms. The van der Waals surface area contributed by atoms with Gasteiger partial charge in [-0.1, -0.05) is 12.1 Å². The van der Waals surface area contributed by atoms with Crippen LogP contribution in [0.4, 0.5) is 8.78 Å². The second-order valence-corrected chi connectivity index (χ2v) is 3.66. The number of hydrogen-bond donors (Lipinski definition) is 0. The fourth-order valence-corrected chi connectivity index (χ4v) is 1.70. The largest absolute Gasteiger partial charge is 0.494 e. The molecule has 0 fully saturated rings. The first-order valence-corrected chi connectivity index (χ1v) is 5.19. The van der Waals surface area contributed by atoms with E-state index in [1.54, 1.807) is 6.07 Å². The number of halogens is 2. The molecule has 0 aliphatic rings. The van der Waals surface area contributed by atoms with E-state index >= 15 is 0 Å². The quantitative estimate of drug-likeness (QED) is 0.811. The molecule has 0 bridgehead atoms. The number of rotatable bonds is 2. The standard InChI is InChI=1S/C14H9F2NO/c1-18-13-4-2-3-12(14(13)16)10-5-9(8-17)6-11(15)7-10/h2-7H,1H3. The molecule has 0 aromatic heterocycles. The summed E-state index contributed by atoms with van der Waals surface area (Å²) in [5, 5.41) is 8.77. The highest BCUT2D eigenvalue weighted by Gasteiger charge is 2.11. The maximum atomic E-state index is 14.0. The van der Waals surface area contributed by atoms with Gasteiger partial charge in [0.05, 0.1) is 18.7 Å². The molecule has 0 saturated carbocycles. The van der Waals surface area contributed by atoms with E-state index in [0.29, 0.717) is 5.56 Å². The van der Waals surface area contributed by atoms with Crippen LogP contribution in [0, 0.1) is 23.0 Å². The van der Waals surface area contributed by atoms with Crippen molar-refractivity contribution in [3.8, 4) is 22.9 Å². The zero-order chi connectivity index (χ0) is 13.1. The van der Waals surface area contributed by atoms with Crippen LogP contribution in [0.5, 0.6) is 5.75 Å². The van der Waals surface area contributed by atoms with Gasteiger partial charge >= 0.3 is 0 Å². The maximum absolute atomic E-state index is 14.0. The van der Waals surface area contributed by atoms with Crippen LogP contribution in [-0.2, 0) is 0 Å². The fraction of sp³-hybridized carbons (Fsp3) is 0.0714. The summed E-state index contributed by atoms with van der Waals surface area (Å²) in [6.45, 7) is 0. The second kappa shape index (κ2) is 4.84. The van der Waals surface area contributed by atoms with Crippen molar-refractivity contribution in [3.05, 3.63) is 53.6 Å². The van der Waals surface area contributed by atoms with E-state index in [-0.39, 0.29) is 16.9 Å². The van der Waals surface area contributed by atoms with Crippen LogP contribution in [0.25, 0.3) is 11.1 Å². The fourth-order valence-electron chi connectivity index (χ4n) is 1.70. The van der Waals surface area contributed by atoms with E-state index in [2.05, 4.69) is 0 Å². The summed E-state index contributed by atoms with van der Waals surface area (Å²) in [6.07, 6.45) is 0. The summed E-state index contributed by atoms with van der Waals surface area (Å²) in [5.74, 6) is -1.07. The number of ether oxygens (including phenoxy) is 1. The van der Waals surface area contributed by atoms with Crippen LogP contribution >= 0.6 is 0 Å². The Bertz CT molecular complexity index is 632. The Labute approximate surface area is 103 Å². The predicted octanol–water partition coefficient (Wildman–Crippen LogP) is 3.51. The molecular weight excluding hydrogens is 236 g/mol. The highest BCUT2D eigenvalue weighted by molar-refractivity contribution is 5.67. The second-order valence-electron chi connectivity index (χ2n) is 3.66. The van der Waals surface area contributed by atoms with E-state index < -0.39 is 11.6 Å². The molecule has 0 saturated heterocycles. The molecular formula is C14H9F2NO. The average Bonchev–Trinajstić information content (AvgIpc) is 2.38. The Hall–Kier alpha value is -2.41. The van der Waals surface area contributed by atoms with Gasteiger partial charge in [-0.3, -0.25) is 0 Å². The maximum Gasteiger partial charge on any atom is 0.172 e. The summed E-state index contributed by atoms with van der Waals surface area (Å²) < 4.78 is 32.2. The van der Waals surface area contributed by atoms with Crippen molar-refractivity contribution in [1.82, 2.24) is 0 Å². The van der Waals surface area contributed by atoms with Crippen LogP contribution in [0.15, 0.2) is 36.4 Å². The van der Waals surface area contributed by atoms with Crippen LogP contribution in [0.1, 0.15) is 5.56 Å². The number of hydrogen-bond acceptors (Lipinski definition) is 2. The number of nitriles is 1. The molecule has 2 aromatic rings. The van der Waals surface area contributed by atoms with Crippen LogP contribution in [0.2, 0.25) is 0 Å². The van der Waals surface area contributed by atoms with E-state index in [4.69, 9.17) is 10.00 Å². The third kappa shape index (κ3) is 2.16. The lowest BCUT2D eigenvalue weighted by atomic mass is 10.0. The summed E-state index contributed by atoms with van der Waals surface area (Å²) >= 11 is 0. The Morgan fingerprint density at radius 2 is 1.94 bits per heavy atom. The summed E-state index contributed by atoms with van der Waals surface area (Å²) in [6, 6.07) is 10.1. The lowest BCUT2D eigenvalue weighted by Gasteiger charge is -2.08. The van der Waals surface area contributed by atoms with Gasteiger partial charge in [-0.05, 0) is 29.8 Å². The smallest absolute Gasteiger partial charge is 0.172 e. The van der Waals surface area contributed by atoms with Crippen LogP contribution in [-0.4, -0.2) is 7.11 Å². The van der Waals surface area contributed by atoms with Crippen molar-refractivity contribution in [1.29, 1.82) is 5.26 Å². The average molecular weight is 245 g/mol. The summed E-state index contributed by atoms with van der Waals surface area (Å²) in [5.41, 5.74) is 0.653. The monoisotopic (exact) mass is 245 g/mol. The van der Waals surface area contributed by atoms with Crippen molar-refractivity contribution in [2.45, 2.75) is 0 Å². The topological polar surface area (TPSA) is 33.0 Å². The summed E-state index contributed by atoms with van der Waals surface area (Å²) in [4.78, 5) is 0. The zero-order valence-corrected chi connectivity index (χ0v) is 9.58. The molecule has 0 spiro atoms. The Balaban J connectivity index is 2.62. The van der Waals surface area contributed by atoms with E-state index in [1.807, 2.05) is 6.07 Å². The number of benzene rings is 2. The molecule has 2 aromatic carbocycles. The SMILES string of the molecule is COc1cccc(-c2cc(F)cc(C#N)c2)c1F. The van der Waals surface area contributed by atoms with Gasteiger partial charge in [0.25, 0.3) is 0 Å². The third-order valence-corrected chi connectivity index (χ3v) is 2.52. The zero-order valence-electron chi connectivity index (χ0n) is 9.58. The molecule has 4 heteroatoms. The molecule has 0 heterocycles. The molecule has 0 radical (unpaired) electrons. The van der Waals surface area contributed by atoms with Crippen molar-refractivity contribution >= 4 is 0 Å². The van der Waals surface area contributed by atoms with Gasteiger partial charge in [-0.25, -0.2) is 8.78 Å². The lowest BCUT2D eigenvalue weighted by molar-refractivity contribution is 0.387. The minimum absolute atomic E-state index is 0.0790. The third-order valence-electron chi connectivity index (χ3n) is 2.52. The highest BCUT2D eigenvalue weighted by Crippen LogP contribution is 2.29. The normalized spacial score (nSPS) is 9.89. The molecule has 0 amide bonds. The van der Waals surface area contributed by atoms with Crippen LogP contribution in [0.3, 0.4) is 0 Å². The number of methoxy groups -OCH3 is 1. The van der Waals surface area contributed by atoms with Gasteiger partial charge in [0.15, 0.2) is 11.6 Å². The van der Waals surface area contributed by atoms with Gasteiger partial charge < -0.3 is 4.74 Å². The van der Waals surface area contributed by atoms with Gasteiger partial charge in [-0.2, -0.15) is 5.26 Å². The highest BCUT2D eigenvalue weighted by atomic mass is 19.1. The van der Waals surface area contributed by atoms with Crippen LogP contribution < -0.4 is 4.74 Å². The van der Waals surface area contributed by atoms with Gasteiger partial charge in [0, 0.05) is 5.56 Å². The molecule has 90 valence electrons. The molecule has 0 N–H and O–H groups in total. The first-order chi connectivity index (χ1) is 8.65. The Morgan fingerprint density at radius 1 is 1.17 bits per heavy atom. The van der Waals surface area contributed by atoms with Crippen molar-refractivity contribution in [2.75, 3.05) is 7.11 Å². The Morgan fingerprint density at radius 3 is 2.61 bits per heavy atom. The minimum atomic E-state index is -0.578. The molecule has 0 aliphatic carbocycles. The van der Waals surface area contributed by atoms with Gasteiger partial charge in [0.2, 0.25) is 0 Å². The van der Waals surface area contributed by atoms with Gasteiger partial charge in [-0.15, -0.1) is 0 Å². The molecule has 2 rings (SSSR count). The minimum Gasteiger partial charge on any atom is -0.494 e. The molecule has 0 atom stereocenters. The van der Waals surface area contributed by atoms with Gasteiger partial charge in [0.1, 0.15) is 5.82 Å². The number of nitrogens with zero attached hydrogens (tertiary/aromatic N) is 1. The van der Waals surface area contributed by atoms with Crippen molar-refractivity contribution in [2.24, 2.45) is 0 Å². The molecule has 2 nitrogen and oxygen atoms in total. The van der Waals surface area contributed by atoms with E-state index in [1.165, 1.54) is 31.4 Å². The predicted molar refractivity (Wildman–Crippen MR) is 63.1 cm³/mol. The Kier molecular flexibility index (Phi) is 3.24. The van der Waals surface area contributed by atoms with E-state index in [0.717, 1.165) is 6.07 Å².